The molecule has 0 aliphatic rings. The molecule has 0 spiro atoms. The van der Waals surface area contributed by atoms with Gasteiger partial charge in [-0.25, -0.2) is 8.42 Å². The number of benzene rings is 4. The van der Waals surface area contributed by atoms with Crippen LogP contribution in [-0.4, -0.2) is 27.8 Å². The summed E-state index contributed by atoms with van der Waals surface area (Å²) < 4.78 is 62.8. The van der Waals surface area contributed by atoms with E-state index in [4.69, 9.17) is 0 Å². The fourth-order valence-electron chi connectivity index (χ4n) is 5.21. The molecule has 0 aromatic heterocycles. The molecule has 0 bridgehead atoms. The third-order valence-corrected chi connectivity index (χ3v) is 14.1. The zero-order chi connectivity index (χ0) is 28.3. The van der Waals surface area contributed by atoms with Crippen LogP contribution in [0.1, 0.15) is 32.4 Å². The van der Waals surface area contributed by atoms with E-state index in [1.165, 1.54) is 36.4 Å². The quantitative estimate of drug-likeness (QED) is 0.273. The summed E-state index contributed by atoms with van der Waals surface area (Å²) in [6, 6.07) is 30.2. The molecular formula is C31H31F2NO3SSi. The van der Waals surface area contributed by atoms with Crippen molar-refractivity contribution in [1.82, 2.24) is 4.72 Å². The Morgan fingerprint density at radius 1 is 0.692 bits per heavy atom. The van der Waals surface area contributed by atoms with Gasteiger partial charge in [0.05, 0.1) is 4.90 Å². The lowest BCUT2D eigenvalue weighted by molar-refractivity contribution is -0.139. The van der Waals surface area contributed by atoms with Gasteiger partial charge in [0.15, 0.2) is 5.41 Å². The highest BCUT2D eigenvalue weighted by molar-refractivity contribution is 7.89. The molecule has 1 unspecified atom stereocenters. The van der Waals surface area contributed by atoms with Gasteiger partial charge in [0.1, 0.15) is 6.04 Å². The first-order chi connectivity index (χ1) is 18.4. The van der Waals surface area contributed by atoms with Gasteiger partial charge in [-0.05, 0) is 33.1 Å². The van der Waals surface area contributed by atoms with Crippen LogP contribution in [0.25, 0.3) is 0 Å². The van der Waals surface area contributed by atoms with Crippen molar-refractivity contribution in [3.05, 3.63) is 127 Å². The summed E-state index contributed by atoms with van der Waals surface area (Å²) in [5, 5.41) is -1.09. The average Bonchev–Trinajstić information content (AvgIpc) is 2.93. The minimum atomic E-state index is -4.40. The minimum Gasteiger partial charge on any atom is -0.298 e. The van der Waals surface area contributed by atoms with Crippen LogP contribution in [0.3, 0.4) is 0 Å². The van der Waals surface area contributed by atoms with Crippen LogP contribution in [-0.2, 0) is 14.8 Å². The molecule has 1 atom stereocenters. The maximum atomic E-state index is 17.0. The van der Waals surface area contributed by atoms with E-state index in [1.807, 2.05) is 0 Å². The molecule has 0 amide bonds. The lowest BCUT2D eigenvalue weighted by Gasteiger charge is -2.45. The third kappa shape index (κ3) is 5.37. The van der Waals surface area contributed by atoms with Crippen LogP contribution >= 0.6 is 0 Å². The molecule has 0 saturated heterocycles. The maximum Gasteiger partial charge on any atom is 0.321 e. The molecule has 202 valence electrons. The second-order valence-corrected chi connectivity index (χ2v) is 16.8. The minimum absolute atomic E-state index is 0.00621. The Bertz CT molecular complexity index is 1470. The van der Waals surface area contributed by atoms with Crippen molar-refractivity contribution in [1.29, 1.82) is 0 Å². The van der Waals surface area contributed by atoms with Gasteiger partial charge in [-0.1, -0.05) is 130 Å². The fraction of sp³-hybridized carbons (Fsp3) is 0.194. The summed E-state index contributed by atoms with van der Waals surface area (Å²) in [5.41, 5.74) is -0.00621. The van der Waals surface area contributed by atoms with Crippen molar-refractivity contribution >= 4 is 33.9 Å². The monoisotopic (exact) mass is 563 g/mol. The molecular weight excluding hydrogens is 532 g/mol. The Morgan fingerprint density at radius 2 is 1.08 bits per heavy atom. The van der Waals surface area contributed by atoms with E-state index >= 15 is 8.78 Å². The molecule has 0 radical (unpaired) electrons. The zero-order valence-corrected chi connectivity index (χ0v) is 23.8. The molecule has 8 heteroatoms. The second kappa shape index (κ2) is 11.0. The highest BCUT2D eigenvalue weighted by Gasteiger charge is 2.64. The van der Waals surface area contributed by atoms with Crippen molar-refractivity contribution in [3.63, 3.8) is 0 Å². The lowest BCUT2D eigenvalue weighted by atomic mass is 10.0. The largest absolute Gasteiger partial charge is 0.321 e. The third-order valence-electron chi connectivity index (χ3n) is 7.00. The molecule has 0 heterocycles. The number of alkyl halides is 2. The van der Waals surface area contributed by atoms with Gasteiger partial charge in [0.25, 0.3) is 0 Å². The van der Waals surface area contributed by atoms with Gasteiger partial charge in [0.2, 0.25) is 18.1 Å². The molecule has 4 nitrogen and oxygen atoms in total. The van der Waals surface area contributed by atoms with Crippen LogP contribution in [0.2, 0.25) is 5.04 Å². The molecule has 4 rings (SSSR count). The Hall–Kier alpha value is -3.46. The molecule has 1 N–H and O–H groups in total. The van der Waals surface area contributed by atoms with Gasteiger partial charge in [-0.3, -0.25) is 4.79 Å². The summed E-state index contributed by atoms with van der Waals surface area (Å²) in [7, 11) is -8.36. The van der Waals surface area contributed by atoms with E-state index < -0.39 is 40.5 Å². The fourth-order valence-corrected chi connectivity index (χ4v) is 11.8. The van der Waals surface area contributed by atoms with E-state index in [0.29, 0.717) is 10.4 Å². The Kier molecular flexibility index (Phi) is 8.02. The van der Waals surface area contributed by atoms with Crippen molar-refractivity contribution in [2.45, 2.75) is 42.7 Å². The zero-order valence-electron chi connectivity index (χ0n) is 22.0. The number of nitrogens with one attached hydrogen (secondary N) is 1. The summed E-state index contributed by atoms with van der Waals surface area (Å²) in [5.74, 6) is -4.10. The molecule has 0 aliphatic carbocycles. The van der Waals surface area contributed by atoms with E-state index in [2.05, 4.69) is 4.72 Å². The van der Waals surface area contributed by atoms with Gasteiger partial charge < -0.3 is 0 Å². The van der Waals surface area contributed by atoms with Crippen LogP contribution in [0, 0.1) is 0 Å². The second-order valence-electron chi connectivity index (χ2n) is 10.5. The van der Waals surface area contributed by atoms with Crippen LogP contribution in [0.5, 0.6) is 0 Å². The number of rotatable bonds is 9. The van der Waals surface area contributed by atoms with E-state index in [1.54, 1.807) is 106 Å². The normalized spacial score (nSPS) is 13.6. The smallest absolute Gasteiger partial charge is 0.298 e. The predicted octanol–water partition coefficient (Wildman–Crippen LogP) is 5.51. The topological polar surface area (TPSA) is 63.2 Å². The van der Waals surface area contributed by atoms with Crippen LogP contribution in [0.15, 0.2) is 126 Å². The Balaban J connectivity index is 1.96. The molecule has 39 heavy (non-hydrogen) atoms. The first-order valence-corrected chi connectivity index (χ1v) is 16.1. The number of halogens is 2. The van der Waals surface area contributed by atoms with Crippen molar-refractivity contribution in [3.8, 4) is 0 Å². The van der Waals surface area contributed by atoms with E-state index in [9.17, 15) is 13.2 Å². The lowest BCUT2D eigenvalue weighted by Crippen LogP contribution is -2.74. The van der Waals surface area contributed by atoms with Gasteiger partial charge >= 0.3 is 5.92 Å². The number of sulfonamides is 1. The molecule has 4 aromatic rings. The summed E-state index contributed by atoms with van der Waals surface area (Å²) in [6.45, 7) is 5.41. The highest BCUT2D eigenvalue weighted by atomic mass is 32.2. The first kappa shape index (κ1) is 28.5. The van der Waals surface area contributed by atoms with E-state index in [-0.39, 0.29) is 10.5 Å². The molecule has 0 fully saturated rings. The van der Waals surface area contributed by atoms with Gasteiger partial charge in [-0.2, -0.15) is 13.5 Å². The predicted molar refractivity (Wildman–Crippen MR) is 154 cm³/mol. The van der Waals surface area contributed by atoms with Crippen molar-refractivity contribution in [2.75, 3.05) is 0 Å². The van der Waals surface area contributed by atoms with Crippen molar-refractivity contribution < 1.29 is 22.0 Å². The molecule has 0 saturated carbocycles. The summed E-state index contributed by atoms with van der Waals surface area (Å²) >= 11 is 0. The standard InChI is InChI=1S/C31H31F2NO3SSi/c1-30(2,3)39(26-20-12-6-13-21-26,27-22-14-7-15-23-27)29(35)31(32,33)28(24-16-8-4-9-17-24)34-38(36,37)25-18-10-5-11-19-25/h4-23,28,34H,1-3H3. The first-order valence-electron chi connectivity index (χ1n) is 12.6. The van der Waals surface area contributed by atoms with E-state index in [0.717, 1.165) is 0 Å². The number of hydrogen-bond acceptors (Lipinski definition) is 3. The van der Waals surface area contributed by atoms with Crippen LogP contribution in [0.4, 0.5) is 8.78 Å². The average molecular weight is 564 g/mol. The Morgan fingerprint density at radius 3 is 1.49 bits per heavy atom. The number of carbonyl (C=O) groups is 1. The maximum absolute atomic E-state index is 17.0. The number of hydrogen-bond donors (Lipinski definition) is 1. The summed E-state index contributed by atoms with van der Waals surface area (Å²) in [6.07, 6.45) is 0. The molecule has 0 aliphatic heterocycles. The summed E-state index contributed by atoms with van der Waals surface area (Å²) in [4.78, 5) is 14.5. The SMILES string of the molecule is CC(C)(C)[Si](C(=O)C(F)(F)C(NS(=O)(=O)c1ccccc1)c1ccccc1)(c1ccccc1)c1ccccc1. The highest BCUT2D eigenvalue weighted by Crippen LogP contribution is 2.44. The van der Waals surface area contributed by atoms with Crippen LogP contribution < -0.4 is 15.1 Å². The Labute approximate surface area is 229 Å². The van der Waals surface area contributed by atoms with Gasteiger partial charge in [-0.15, -0.1) is 0 Å². The van der Waals surface area contributed by atoms with Gasteiger partial charge in [0, 0.05) is 0 Å². The van der Waals surface area contributed by atoms with Crippen molar-refractivity contribution in [2.24, 2.45) is 0 Å². The molecule has 4 aromatic carbocycles. The number of carbonyl (C=O) groups excluding carboxylic acids is 1.